The van der Waals surface area contributed by atoms with E-state index in [-0.39, 0.29) is 5.88 Å². The van der Waals surface area contributed by atoms with Crippen molar-refractivity contribution in [3.05, 3.63) is 53.9 Å². The lowest BCUT2D eigenvalue weighted by Gasteiger charge is -2.10. The zero-order chi connectivity index (χ0) is 14.8. The molecule has 0 amide bonds. The number of methoxy groups -OCH3 is 1. The standard InChI is InChI=1S/C16H12ClN3O/c1-21-12-6-7-13-15(8-12)20(16(9-17)19-13)14-5-3-2-4-11(14)10-18/h2-8H,9H2,1H3. The predicted octanol–water partition coefficient (Wildman–Crippen LogP) is 3.64. The maximum atomic E-state index is 9.31. The largest absolute Gasteiger partial charge is 0.497 e. The summed E-state index contributed by atoms with van der Waals surface area (Å²) < 4.78 is 7.18. The first-order valence-electron chi connectivity index (χ1n) is 6.39. The second-order valence-electron chi connectivity index (χ2n) is 4.48. The highest BCUT2D eigenvalue weighted by Gasteiger charge is 2.14. The Morgan fingerprint density at radius 1 is 1.29 bits per heavy atom. The molecular weight excluding hydrogens is 286 g/mol. The monoisotopic (exact) mass is 297 g/mol. The number of ether oxygens (including phenoxy) is 1. The fourth-order valence-electron chi connectivity index (χ4n) is 2.35. The van der Waals surface area contributed by atoms with Gasteiger partial charge in [0.25, 0.3) is 0 Å². The number of benzene rings is 2. The molecule has 3 aromatic rings. The fraction of sp³-hybridized carbons (Fsp3) is 0.125. The number of fused-ring (bicyclic) bond motifs is 1. The molecule has 0 saturated heterocycles. The van der Waals surface area contributed by atoms with Gasteiger partial charge in [0.1, 0.15) is 17.6 Å². The summed E-state index contributed by atoms with van der Waals surface area (Å²) in [5, 5.41) is 9.31. The molecule has 0 aliphatic rings. The number of halogens is 1. The third kappa shape index (κ3) is 2.22. The minimum absolute atomic E-state index is 0.261. The van der Waals surface area contributed by atoms with Crippen LogP contribution >= 0.6 is 11.6 Å². The predicted molar refractivity (Wildman–Crippen MR) is 81.9 cm³/mol. The van der Waals surface area contributed by atoms with Crippen LogP contribution in [0, 0.1) is 11.3 Å². The molecule has 0 unspecified atom stereocenters. The summed E-state index contributed by atoms with van der Waals surface area (Å²) in [6, 6.07) is 15.2. The summed E-state index contributed by atoms with van der Waals surface area (Å²) in [7, 11) is 1.62. The molecule has 0 saturated carbocycles. The molecule has 0 spiro atoms. The Morgan fingerprint density at radius 2 is 2.10 bits per heavy atom. The van der Waals surface area contributed by atoms with Gasteiger partial charge in [0.2, 0.25) is 0 Å². The Labute approximate surface area is 127 Å². The molecule has 0 atom stereocenters. The molecule has 2 aromatic carbocycles. The van der Waals surface area contributed by atoms with E-state index in [0.29, 0.717) is 11.4 Å². The lowest BCUT2D eigenvalue weighted by Crippen LogP contribution is -2.01. The van der Waals surface area contributed by atoms with Crippen molar-refractivity contribution in [1.29, 1.82) is 5.26 Å². The van der Waals surface area contributed by atoms with Gasteiger partial charge < -0.3 is 4.74 Å². The number of nitriles is 1. The Bertz CT molecular complexity index is 848. The van der Waals surface area contributed by atoms with Crippen molar-refractivity contribution >= 4 is 22.6 Å². The lowest BCUT2D eigenvalue weighted by atomic mass is 10.2. The van der Waals surface area contributed by atoms with E-state index in [1.54, 1.807) is 13.2 Å². The fourth-order valence-corrected chi connectivity index (χ4v) is 2.53. The third-order valence-electron chi connectivity index (χ3n) is 3.32. The van der Waals surface area contributed by atoms with Gasteiger partial charge in [0, 0.05) is 6.07 Å². The molecule has 5 heteroatoms. The topological polar surface area (TPSA) is 50.8 Å². The smallest absolute Gasteiger partial charge is 0.129 e. The molecule has 4 nitrogen and oxygen atoms in total. The lowest BCUT2D eigenvalue weighted by molar-refractivity contribution is 0.415. The van der Waals surface area contributed by atoms with Gasteiger partial charge in [-0.15, -0.1) is 11.6 Å². The number of imidazole rings is 1. The van der Waals surface area contributed by atoms with Gasteiger partial charge in [0.05, 0.1) is 35.3 Å². The van der Waals surface area contributed by atoms with Crippen LogP contribution in [0.4, 0.5) is 0 Å². The van der Waals surface area contributed by atoms with Gasteiger partial charge >= 0.3 is 0 Å². The molecule has 21 heavy (non-hydrogen) atoms. The van der Waals surface area contributed by atoms with Crippen molar-refractivity contribution in [1.82, 2.24) is 9.55 Å². The third-order valence-corrected chi connectivity index (χ3v) is 3.56. The van der Waals surface area contributed by atoms with Gasteiger partial charge in [-0.3, -0.25) is 4.57 Å². The van der Waals surface area contributed by atoms with E-state index in [1.165, 1.54) is 0 Å². The first-order chi connectivity index (χ1) is 10.3. The number of nitrogens with zero attached hydrogens (tertiary/aromatic N) is 3. The average molecular weight is 298 g/mol. The van der Waals surface area contributed by atoms with E-state index in [0.717, 1.165) is 22.5 Å². The van der Waals surface area contributed by atoms with Crippen molar-refractivity contribution in [3.63, 3.8) is 0 Å². The van der Waals surface area contributed by atoms with Crippen LogP contribution in [-0.2, 0) is 5.88 Å². The van der Waals surface area contributed by atoms with E-state index in [1.807, 2.05) is 41.0 Å². The zero-order valence-corrected chi connectivity index (χ0v) is 12.1. The Morgan fingerprint density at radius 3 is 2.81 bits per heavy atom. The Hall–Kier alpha value is -2.51. The van der Waals surface area contributed by atoms with Crippen molar-refractivity contribution in [2.24, 2.45) is 0 Å². The van der Waals surface area contributed by atoms with Crippen molar-refractivity contribution in [3.8, 4) is 17.5 Å². The molecule has 0 aliphatic carbocycles. The summed E-state index contributed by atoms with van der Waals surface area (Å²) in [5.41, 5.74) is 3.03. The molecule has 1 heterocycles. The summed E-state index contributed by atoms with van der Waals surface area (Å²) in [4.78, 5) is 4.52. The Balaban J connectivity index is 2.37. The van der Waals surface area contributed by atoms with Crippen LogP contribution in [-0.4, -0.2) is 16.7 Å². The minimum atomic E-state index is 0.261. The molecule has 0 bridgehead atoms. The quantitative estimate of drug-likeness (QED) is 0.693. The number of aromatic nitrogens is 2. The molecule has 3 rings (SSSR count). The zero-order valence-electron chi connectivity index (χ0n) is 11.4. The molecule has 1 aromatic heterocycles. The molecule has 0 aliphatic heterocycles. The van der Waals surface area contributed by atoms with Gasteiger partial charge in [-0.05, 0) is 24.3 Å². The highest BCUT2D eigenvalue weighted by atomic mass is 35.5. The molecule has 0 fully saturated rings. The van der Waals surface area contributed by atoms with Gasteiger partial charge in [0.15, 0.2) is 0 Å². The number of rotatable bonds is 3. The summed E-state index contributed by atoms with van der Waals surface area (Å²) >= 11 is 6.03. The SMILES string of the molecule is COc1ccc2nc(CCl)n(-c3ccccc3C#N)c2c1. The molecule has 0 N–H and O–H groups in total. The minimum Gasteiger partial charge on any atom is -0.497 e. The van der Waals surface area contributed by atoms with Crippen LogP contribution in [0.3, 0.4) is 0 Å². The van der Waals surface area contributed by atoms with Crippen LogP contribution < -0.4 is 4.74 Å². The number of para-hydroxylation sites is 1. The summed E-state index contributed by atoms with van der Waals surface area (Å²) in [6.45, 7) is 0. The summed E-state index contributed by atoms with van der Waals surface area (Å²) in [5.74, 6) is 1.69. The van der Waals surface area contributed by atoms with Crippen LogP contribution in [0.25, 0.3) is 16.7 Å². The van der Waals surface area contributed by atoms with Crippen LogP contribution in [0.2, 0.25) is 0 Å². The van der Waals surface area contributed by atoms with Gasteiger partial charge in [-0.2, -0.15) is 5.26 Å². The number of hydrogen-bond donors (Lipinski definition) is 0. The van der Waals surface area contributed by atoms with Gasteiger partial charge in [-0.25, -0.2) is 4.98 Å². The highest BCUT2D eigenvalue weighted by Crippen LogP contribution is 2.27. The van der Waals surface area contributed by atoms with E-state index >= 15 is 0 Å². The van der Waals surface area contributed by atoms with E-state index < -0.39 is 0 Å². The first kappa shape index (κ1) is 13.5. The summed E-state index contributed by atoms with van der Waals surface area (Å²) in [6.07, 6.45) is 0. The van der Waals surface area contributed by atoms with Crippen molar-refractivity contribution in [2.75, 3.05) is 7.11 Å². The number of alkyl halides is 1. The second-order valence-corrected chi connectivity index (χ2v) is 4.75. The van der Waals surface area contributed by atoms with Crippen LogP contribution in [0.5, 0.6) is 5.75 Å². The van der Waals surface area contributed by atoms with Crippen LogP contribution in [0.15, 0.2) is 42.5 Å². The number of hydrogen-bond acceptors (Lipinski definition) is 3. The molecule has 0 radical (unpaired) electrons. The molecular formula is C16H12ClN3O. The maximum absolute atomic E-state index is 9.31. The average Bonchev–Trinajstić information content (AvgIpc) is 2.92. The second kappa shape index (κ2) is 5.47. The highest BCUT2D eigenvalue weighted by molar-refractivity contribution is 6.17. The van der Waals surface area contributed by atoms with E-state index in [2.05, 4.69) is 11.1 Å². The molecule has 104 valence electrons. The van der Waals surface area contributed by atoms with E-state index in [9.17, 15) is 5.26 Å². The maximum Gasteiger partial charge on any atom is 0.129 e. The van der Waals surface area contributed by atoms with Crippen molar-refractivity contribution in [2.45, 2.75) is 5.88 Å². The van der Waals surface area contributed by atoms with Crippen molar-refractivity contribution < 1.29 is 4.74 Å². The van der Waals surface area contributed by atoms with Crippen LogP contribution in [0.1, 0.15) is 11.4 Å². The first-order valence-corrected chi connectivity index (χ1v) is 6.92. The normalized spacial score (nSPS) is 10.5. The van der Waals surface area contributed by atoms with E-state index in [4.69, 9.17) is 16.3 Å². The van der Waals surface area contributed by atoms with Gasteiger partial charge in [-0.1, -0.05) is 12.1 Å². The Kier molecular flexibility index (Phi) is 3.51.